The molecule has 0 atom stereocenters. The maximum atomic E-state index is 12.4. The second-order valence-electron chi connectivity index (χ2n) is 5.18. The van der Waals surface area contributed by atoms with E-state index in [0.29, 0.717) is 16.0 Å². The van der Waals surface area contributed by atoms with E-state index < -0.39 is 12.5 Å². The number of carbonyl (C=O) groups excluding carboxylic acids is 1. The van der Waals surface area contributed by atoms with Crippen LogP contribution in [0.2, 0.25) is 5.02 Å². The van der Waals surface area contributed by atoms with Crippen molar-refractivity contribution in [3.05, 3.63) is 53.6 Å². The molecule has 1 amide bonds. The van der Waals surface area contributed by atoms with Crippen molar-refractivity contribution in [3.63, 3.8) is 0 Å². The summed E-state index contributed by atoms with van der Waals surface area (Å²) in [6.45, 7) is -2.98. The molecule has 3 rings (SSSR count). The highest BCUT2D eigenvalue weighted by atomic mass is 35.5. The zero-order valence-corrected chi connectivity index (χ0v) is 15.2. The molecule has 0 unspecified atom stereocenters. The molecular formula is C17H13ClF2N4O2S. The Kier molecular flexibility index (Phi) is 6.25. The van der Waals surface area contributed by atoms with Crippen molar-refractivity contribution >= 4 is 35.0 Å². The minimum atomic E-state index is -2.98. The van der Waals surface area contributed by atoms with Gasteiger partial charge in [0.1, 0.15) is 5.75 Å². The van der Waals surface area contributed by atoms with Crippen LogP contribution in [0.1, 0.15) is 0 Å². The molecule has 0 spiro atoms. The number of thioether (sulfide) groups is 1. The van der Waals surface area contributed by atoms with Crippen LogP contribution in [0.15, 0.2) is 53.7 Å². The van der Waals surface area contributed by atoms with Gasteiger partial charge in [-0.25, -0.2) is 4.98 Å². The number of aromatic nitrogens is 3. The number of aromatic amines is 1. The molecule has 27 heavy (non-hydrogen) atoms. The summed E-state index contributed by atoms with van der Waals surface area (Å²) in [4.78, 5) is 16.4. The Morgan fingerprint density at radius 3 is 2.70 bits per heavy atom. The van der Waals surface area contributed by atoms with E-state index in [1.165, 1.54) is 18.2 Å². The second kappa shape index (κ2) is 8.83. The highest BCUT2D eigenvalue weighted by molar-refractivity contribution is 7.99. The summed E-state index contributed by atoms with van der Waals surface area (Å²) in [6, 6.07) is 13.0. The fraction of sp³-hybridized carbons (Fsp3) is 0.118. The quantitative estimate of drug-likeness (QED) is 0.562. The standard InChI is InChI=1S/C17H13ClF2N4O2S/c18-11-7-5-10(6-8-11)15-22-17(24-23-15)27-9-14(25)21-12-3-1-2-4-13(12)26-16(19)20/h1-8,16H,9H2,(H,21,25)(H,22,23,24). The summed E-state index contributed by atoms with van der Waals surface area (Å²) in [5.74, 6) is 0.0446. The van der Waals surface area contributed by atoms with Gasteiger partial charge in [0.05, 0.1) is 11.4 Å². The number of rotatable bonds is 7. The van der Waals surface area contributed by atoms with Crippen LogP contribution in [-0.2, 0) is 4.79 Å². The fourth-order valence-corrected chi connectivity index (χ4v) is 2.86. The smallest absolute Gasteiger partial charge is 0.387 e. The monoisotopic (exact) mass is 410 g/mol. The third kappa shape index (κ3) is 5.41. The molecule has 6 nitrogen and oxygen atoms in total. The summed E-state index contributed by atoms with van der Waals surface area (Å²) in [5, 5.41) is 10.4. The number of ether oxygens (including phenoxy) is 1. The fourth-order valence-electron chi connectivity index (χ4n) is 2.13. The number of amides is 1. The van der Waals surface area contributed by atoms with Gasteiger partial charge in [0, 0.05) is 10.6 Å². The van der Waals surface area contributed by atoms with E-state index in [1.807, 2.05) is 0 Å². The first-order valence-electron chi connectivity index (χ1n) is 7.66. The summed E-state index contributed by atoms with van der Waals surface area (Å²) < 4.78 is 29.2. The number of carbonyl (C=O) groups is 1. The number of H-pyrrole nitrogens is 1. The van der Waals surface area contributed by atoms with Crippen molar-refractivity contribution in [2.75, 3.05) is 11.1 Å². The van der Waals surface area contributed by atoms with Crippen LogP contribution >= 0.6 is 23.4 Å². The van der Waals surface area contributed by atoms with Gasteiger partial charge in [-0.1, -0.05) is 35.5 Å². The van der Waals surface area contributed by atoms with Crippen LogP contribution in [0.3, 0.4) is 0 Å². The number of halogens is 3. The van der Waals surface area contributed by atoms with Crippen LogP contribution in [0.4, 0.5) is 14.5 Å². The van der Waals surface area contributed by atoms with Gasteiger partial charge in [-0.05, 0) is 36.4 Å². The Hall–Kier alpha value is -2.65. The van der Waals surface area contributed by atoms with Crippen LogP contribution in [0, 0.1) is 0 Å². The molecule has 3 aromatic rings. The molecule has 0 radical (unpaired) electrons. The zero-order chi connectivity index (χ0) is 19.2. The van der Waals surface area contributed by atoms with Gasteiger partial charge in [0.2, 0.25) is 11.1 Å². The van der Waals surface area contributed by atoms with Gasteiger partial charge < -0.3 is 10.1 Å². The first-order chi connectivity index (χ1) is 13.0. The predicted molar refractivity (Wildman–Crippen MR) is 99.3 cm³/mol. The zero-order valence-electron chi connectivity index (χ0n) is 13.7. The van der Waals surface area contributed by atoms with Gasteiger partial charge in [0.25, 0.3) is 0 Å². The van der Waals surface area contributed by atoms with Crippen molar-refractivity contribution in [1.29, 1.82) is 0 Å². The van der Waals surface area contributed by atoms with Gasteiger partial charge >= 0.3 is 6.61 Å². The Labute approximate surface area is 162 Å². The molecule has 0 saturated heterocycles. The molecule has 0 saturated carbocycles. The van der Waals surface area contributed by atoms with Crippen molar-refractivity contribution in [3.8, 4) is 17.1 Å². The number of benzene rings is 2. The van der Waals surface area contributed by atoms with Crippen molar-refractivity contribution in [2.45, 2.75) is 11.8 Å². The lowest BCUT2D eigenvalue weighted by atomic mass is 10.2. The van der Waals surface area contributed by atoms with Crippen LogP contribution < -0.4 is 10.1 Å². The van der Waals surface area contributed by atoms with Crippen molar-refractivity contribution < 1.29 is 18.3 Å². The topological polar surface area (TPSA) is 79.9 Å². The molecule has 0 fully saturated rings. The van der Waals surface area contributed by atoms with Crippen molar-refractivity contribution in [2.24, 2.45) is 0 Å². The molecule has 0 aliphatic carbocycles. The maximum Gasteiger partial charge on any atom is 0.387 e. The summed E-state index contributed by atoms with van der Waals surface area (Å²) in [6.07, 6.45) is 0. The largest absolute Gasteiger partial charge is 0.433 e. The maximum absolute atomic E-state index is 12.4. The van der Waals surface area contributed by atoms with Gasteiger partial charge in [-0.15, -0.1) is 5.10 Å². The number of hydrogen-bond acceptors (Lipinski definition) is 5. The Balaban J connectivity index is 1.58. The average molecular weight is 411 g/mol. The van der Waals surface area contributed by atoms with E-state index in [0.717, 1.165) is 17.3 Å². The van der Waals surface area contributed by atoms with Gasteiger partial charge in [0.15, 0.2) is 5.82 Å². The first-order valence-corrected chi connectivity index (χ1v) is 9.02. The van der Waals surface area contributed by atoms with Gasteiger partial charge in [-0.3, -0.25) is 9.89 Å². The summed E-state index contributed by atoms with van der Waals surface area (Å²) in [5.41, 5.74) is 0.974. The Morgan fingerprint density at radius 2 is 1.96 bits per heavy atom. The number of anilines is 1. The van der Waals surface area contributed by atoms with E-state index >= 15 is 0 Å². The molecule has 0 aliphatic heterocycles. The number of nitrogens with zero attached hydrogens (tertiary/aromatic N) is 2. The molecule has 140 valence electrons. The third-order valence-corrected chi connectivity index (χ3v) is 4.39. The molecule has 2 N–H and O–H groups in total. The highest BCUT2D eigenvalue weighted by Crippen LogP contribution is 2.26. The average Bonchev–Trinajstić information content (AvgIpc) is 3.11. The van der Waals surface area contributed by atoms with E-state index in [-0.39, 0.29) is 17.2 Å². The SMILES string of the molecule is O=C(CSc1n[nH]c(-c2ccc(Cl)cc2)n1)Nc1ccccc1OC(F)F. The molecule has 0 bridgehead atoms. The lowest BCUT2D eigenvalue weighted by Crippen LogP contribution is -2.15. The minimum absolute atomic E-state index is 0.000917. The number of hydrogen-bond donors (Lipinski definition) is 2. The number of nitrogens with one attached hydrogen (secondary N) is 2. The van der Waals surface area contributed by atoms with Crippen LogP contribution in [0.25, 0.3) is 11.4 Å². The van der Waals surface area contributed by atoms with Crippen LogP contribution in [-0.4, -0.2) is 33.5 Å². The van der Waals surface area contributed by atoms with Crippen LogP contribution in [0.5, 0.6) is 5.75 Å². The normalized spacial score (nSPS) is 10.8. The number of alkyl halides is 2. The Bertz CT molecular complexity index is 921. The molecule has 0 aliphatic rings. The lowest BCUT2D eigenvalue weighted by Gasteiger charge is -2.11. The highest BCUT2D eigenvalue weighted by Gasteiger charge is 2.13. The van der Waals surface area contributed by atoms with Gasteiger partial charge in [-0.2, -0.15) is 8.78 Å². The molecular weight excluding hydrogens is 398 g/mol. The van der Waals surface area contributed by atoms with E-state index in [2.05, 4.69) is 25.2 Å². The predicted octanol–water partition coefficient (Wildman–Crippen LogP) is 4.46. The number of para-hydroxylation sites is 2. The summed E-state index contributed by atoms with van der Waals surface area (Å²) in [7, 11) is 0. The van der Waals surface area contributed by atoms with E-state index in [9.17, 15) is 13.6 Å². The molecule has 1 heterocycles. The lowest BCUT2D eigenvalue weighted by molar-refractivity contribution is -0.113. The third-order valence-electron chi connectivity index (χ3n) is 3.29. The second-order valence-corrected chi connectivity index (χ2v) is 6.56. The molecule has 2 aromatic carbocycles. The Morgan fingerprint density at radius 1 is 1.22 bits per heavy atom. The van der Waals surface area contributed by atoms with E-state index in [1.54, 1.807) is 30.3 Å². The molecule has 10 heteroatoms. The molecule has 1 aromatic heterocycles. The van der Waals surface area contributed by atoms with E-state index in [4.69, 9.17) is 11.6 Å². The minimum Gasteiger partial charge on any atom is -0.433 e. The summed E-state index contributed by atoms with van der Waals surface area (Å²) >= 11 is 6.95. The first kappa shape index (κ1) is 19.1. The van der Waals surface area contributed by atoms with Crippen molar-refractivity contribution in [1.82, 2.24) is 15.2 Å².